The van der Waals surface area contributed by atoms with Gasteiger partial charge in [0.15, 0.2) is 0 Å². The van der Waals surface area contributed by atoms with Gasteiger partial charge in [-0.05, 0) is 48.9 Å². The lowest BCUT2D eigenvalue weighted by Gasteiger charge is -2.28. The lowest BCUT2D eigenvalue weighted by Crippen LogP contribution is -2.49. The Morgan fingerprint density at radius 1 is 1.11 bits per heavy atom. The molecule has 1 amide bonds. The van der Waals surface area contributed by atoms with Crippen molar-refractivity contribution < 1.29 is 13.2 Å². The topological polar surface area (TPSA) is 92.5 Å². The van der Waals surface area contributed by atoms with Crippen molar-refractivity contribution in [3.8, 4) is 0 Å². The van der Waals surface area contributed by atoms with Gasteiger partial charge in [-0.3, -0.25) is 4.79 Å². The lowest BCUT2D eigenvalue weighted by atomic mass is 9.92. The second-order valence-electron chi connectivity index (χ2n) is 8.04. The number of nitrogens with zero attached hydrogens (tertiary/aromatic N) is 1. The Bertz CT molecular complexity index is 790. The molecule has 1 aromatic carbocycles. The molecule has 2 aliphatic rings. The molecule has 0 bridgehead atoms. The number of fused-ring (bicyclic) bond motifs is 1. The largest absolute Gasteiger partial charge is 0.342 e. The van der Waals surface area contributed by atoms with Crippen LogP contribution in [0.25, 0.3) is 0 Å². The standard InChI is InChI=1S/C20H31N3O3S.ClH/c1-16(24)23-12-8-17-6-7-19(14-18(17)9-13-23)27(25,26)22-15-20(21)10-4-2-3-5-11-20;/h6-7,14,22H,2-5,8-13,15,21H2,1H3;1H. The van der Waals surface area contributed by atoms with Gasteiger partial charge in [-0.2, -0.15) is 0 Å². The van der Waals surface area contributed by atoms with E-state index in [0.717, 1.165) is 43.2 Å². The number of hydrogen-bond donors (Lipinski definition) is 2. The summed E-state index contributed by atoms with van der Waals surface area (Å²) in [7, 11) is -3.60. The molecule has 8 heteroatoms. The highest BCUT2D eigenvalue weighted by Crippen LogP contribution is 2.25. The highest BCUT2D eigenvalue weighted by molar-refractivity contribution is 7.89. The summed E-state index contributed by atoms with van der Waals surface area (Å²) >= 11 is 0. The summed E-state index contributed by atoms with van der Waals surface area (Å²) in [6.07, 6.45) is 7.63. The van der Waals surface area contributed by atoms with Gasteiger partial charge in [0.2, 0.25) is 15.9 Å². The molecule has 1 aromatic rings. The molecular weight excluding hydrogens is 398 g/mol. The van der Waals surface area contributed by atoms with E-state index < -0.39 is 15.6 Å². The predicted octanol–water partition coefficient (Wildman–Crippen LogP) is 2.39. The molecule has 158 valence electrons. The summed E-state index contributed by atoms with van der Waals surface area (Å²) in [5.74, 6) is 0.0639. The zero-order valence-corrected chi connectivity index (χ0v) is 18.2. The molecule has 0 aromatic heterocycles. The highest BCUT2D eigenvalue weighted by Gasteiger charge is 2.28. The van der Waals surface area contributed by atoms with Gasteiger partial charge in [0.25, 0.3) is 0 Å². The van der Waals surface area contributed by atoms with Crippen LogP contribution in [0.1, 0.15) is 56.6 Å². The molecule has 0 atom stereocenters. The molecule has 28 heavy (non-hydrogen) atoms. The molecule has 1 aliphatic heterocycles. The van der Waals surface area contributed by atoms with Crippen LogP contribution in [0.4, 0.5) is 0 Å². The molecule has 1 heterocycles. The normalized spacial score (nSPS) is 19.7. The first-order valence-corrected chi connectivity index (χ1v) is 11.4. The van der Waals surface area contributed by atoms with E-state index in [1.165, 1.54) is 12.8 Å². The van der Waals surface area contributed by atoms with E-state index in [4.69, 9.17) is 5.73 Å². The Morgan fingerprint density at radius 3 is 2.32 bits per heavy atom. The fourth-order valence-corrected chi connectivity index (χ4v) is 5.30. The van der Waals surface area contributed by atoms with E-state index in [1.807, 2.05) is 11.0 Å². The highest BCUT2D eigenvalue weighted by atomic mass is 35.5. The molecule has 3 rings (SSSR count). The van der Waals surface area contributed by atoms with Crippen molar-refractivity contribution in [3.63, 3.8) is 0 Å². The van der Waals surface area contributed by atoms with E-state index >= 15 is 0 Å². The maximum Gasteiger partial charge on any atom is 0.240 e. The Labute approximate surface area is 174 Å². The molecule has 1 fully saturated rings. The van der Waals surface area contributed by atoms with E-state index in [0.29, 0.717) is 19.5 Å². The van der Waals surface area contributed by atoms with E-state index in [-0.39, 0.29) is 29.8 Å². The molecule has 1 saturated carbocycles. The number of sulfonamides is 1. The minimum atomic E-state index is -3.60. The van der Waals surface area contributed by atoms with Gasteiger partial charge in [0, 0.05) is 32.1 Å². The number of rotatable bonds is 4. The number of nitrogens with one attached hydrogen (secondary N) is 1. The van der Waals surface area contributed by atoms with Crippen molar-refractivity contribution in [3.05, 3.63) is 29.3 Å². The number of benzene rings is 1. The predicted molar refractivity (Wildman–Crippen MR) is 113 cm³/mol. The fourth-order valence-electron chi connectivity index (χ4n) is 4.12. The van der Waals surface area contributed by atoms with Crippen molar-refractivity contribution >= 4 is 28.3 Å². The molecule has 0 spiro atoms. The number of amides is 1. The third-order valence-corrected chi connectivity index (χ3v) is 7.35. The van der Waals surface area contributed by atoms with Gasteiger partial charge in [-0.15, -0.1) is 12.4 Å². The van der Waals surface area contributed by atoms with Gasteiger partial charge in [0.1, 0.15) is 0 Å². The number of carbonyl (C=O) groups excluding carboxylic acids is 1. The molecule has 3 N–H and O–H groups in total. The summed E-state index contributed by atoms with van der Waals surface area (Å²) in [5, 5.41) is 0. The van der Waals surface area contributed by atoms with Crippen LogP contribution in [-0.2, 0) is 27.7 Å². The second kappa shape index (κ2) is 9.57. The van der Waals surface area contributed by atoms with Crippen LogP contribution in [0.5, 0.6) is 0 Å². The summed E-state index contributed by atoms with van der Waals surface area (Å²) in [4.78, 5) is 13.7. The van der Waals surface area contributed by atoms with Crippen LogP contribution >= 0.6 is 12.4 Å². The third-order valence-electron chi connectivity index (χ3n) is 5.95. The number of halogens is 1. The first-order valence-electron chi connectivity index (χ1n) is 9.95. The molecule has 6 nitrogen and oxygen atoms in total. The van der Waals surface area contributed by atoms with Crippen molar-refractivity contribution in [2.45, 2.75) is 68.7 Å². The first kappa shape index (κ1) is 23.1. The Hall–Kier alpha value is -1.15. The van der Waals surface area contributed by atoms with Crippen LogP contribution in [0.3, 0.4) is 0 Å². The summed E-state index contributed by atoms with van der Waals surface area (Å²) < 4.78 is 28.4. The second-order valence-corrected chi connectivity index (χ2v) is 9.80. The Kier molecular flexibility index (Phi) is 7.90. The molecule has 0 saturated heterocycles. The number of hydrogen-bond acceptors (Lipinski definition) is 4. The monoisotopic (exact) mass is 429 g/mol. The Morgan fingerprint density at radius 2 is 1.71 bits per heavy atom. The molecule has 0 unspecified atom stereocenters. The average molecular weight is 430 g/mol. The van der Waals surface area contributed by atoms with E-state index in [9.17, 15) is 13.2 Å². The van der Waals surface area contributed by atoms with Crippen LogP contribution in [0.15, 0.2) is 23.1 Å². The van der Waals surface area contributed by atoms with Crippen LogP contribution < -0.4 is 10.5 Å². The zero-order valence-electron chi connectivity index (χ0n) is 16.6. The van der Waals surface area contributed by atoms with E-state index in [1.54, 1.807) is 19.1 Å². The summed E-state index contributed by atoms with van der Waals surface area (Å²) in [6, 6.07) is 5.32. The Balaban J connectivity index is 0.00000280. The fraction of sp³-hybridized carbons (Fsp3) is 0.650. The van der Waals surface area contributed by atoms with Crippen LogP contribution in [0.2, 0.25) is 0 Å². The average Bonchev–Trinajstić information content (AvgIpc) is 2.98. The van der Waals surface area contributed by atoms with Gasteiger partial charge in [-0.1, -0.05) is 31.7 Å². The quantitative estimate of drug-likeness (QED) is 0.718. The summed E-state index contributed by atoms with van der Waals surface area (Å²) in [6.45, 7) is 3.17. The maximum absolute atomic E-state index is 12.8. The minimum absolute atomic E-state index is 0. The molecule has 0 radical (unpaired) electrons. The van der Waals surface area contributed by atoms with Crippen LogP contribution in [-0.4, -0.2) is 44.4 Å². The van der Waals surface area contributed by atoms with Crippen LogP contribution in [0, 0.1) is 0 Å². The number of carbonyl (C=O) groups is 1. The van der Waals surface area contributed by atoms with Gasteiger partial charge >= 0.3 is 0 Å². The summed E-state index contributed by atoms with van der Waals surface area (Å²) in [5.41, 5.74) is 8.14. The van der Waals surface area contributed by atoms with Crippen molar-refractivity contribution in [1.82, 2.24) is 9.62 Å². The van der Waals surface area contributed by atoms with Gasteiger partial charge < -0.3 is 10.6 Å². The van der Waals surface area contributed by atoms with Gasteiger partial charge in [-0.25, -0.2) is 13.1 Å². The van der Waals surface area contributed by atoms with Gasteiger partial charge in [0.05, 0.1) is 4.90 Å². The number of nitrogens with two attached hydrogens (primary N) is 1. The minimum Gasteiger partial charge on any atom is -0.342 e. The van der Waals surface area contributed by atoms with Crippen molar-refractivity contribution in [1.29, 1.82) is 0 Å². The SMILES string of the molecule is CC(=O)N1CCc2ccc(S(=O)(=O)NCC3(N)CCCCCC3)cc2CC1.Cl. The first-order chi connectivity index (χ1) is 12.8. The molecule has 1 aliphatic carbocycles. The third kappa shape index (κ3) is 5.69. The van der Waals surface area contributed by atoms with Crippen molar-refractivity contribution in [2.75, 3.05) is 19.6 Å². The smallest absolute Gasteiger partial charge is 0.240 e. The maximum atomic E-state index is 12.8. The van der Waals surface area contributed by atoms with Crippen molar-refractivity contribution in [2.24, 2.45) is 5.73 Å². The zero-order chi connectivity index (χ0) is 19.5. The van der Waals surface area contributed by atoms with E-state index in [2.05, 4.69) is 4.72 Å². The lowest BCUT2D eigenvalue weighted by molar-refractivity contribution is -0.128. The molecular formula is C20H32ClN3O3S.